The molecule has 0 bridgehead atoms. The molecule has 0 aliphatic carbocycles. The van der Waals surface area contributed by atoms with Gasteiger partial charge in [0.05, 0.1) is 17.2 Å². The molecule has 1 aromatic heterocycles. The Morgan fingerprint density at radius 1 is 1.33 bits per heavy atom. The number of ether oxygens (including phenoxy) is 1. The summed E-state index contributed by atoms with van der Waals surface area (Å²) in [6.07, 6.45) is 0.783. The number of oxazole rings is 1. The third-order valence-electron chi connectivity index (χ3n) is 4.70. The molecule has 2 aromatic carbocycles. The maximum atomic E-state index is 12.4. The second-order valence-electron chi connectivity index (χ2n) is 6.98. The van der Waals surface area contributed by atoms with Gasteiger partial charge in [0, 0.05) is 18.7 Å². The Hall–Kier alpha value is -3.17. The van der Waals surface area contributed by atoms with Crippen LogP contribution in [0.4, 0.5) is 0 Å². The summed E-state index contributed by atoms with van der Waals surface area (Å²) >= 11 is 0. The van der Waals surface area contributed by atoms with Crippen LogP contribution in [-0.2, 0) is 4.74 Å². The van der Waals surface area contributed by atoms with Crippen molar-refractivity contribution in [3.05, 3.63) is 53.1 Å². The number of fused-ring (bicyclic) bond motifs is 1. The summed E-state index contributed by atoms with van der Waals surface area (Å²) in [5.41, 5.74) is 3.86. The van der Waals surface area contributed by atoms with Crippen LogP contribution in [0.2, 0.25) is 0 Å². The Morgan fingerprint density at radius 2 is 2.19 bits per heavy atom. The minimum absolute atomic E-state index is 0.0693. The van der Waals surface area contributed by atoms with E-state index >= 15 is 0 Å². The highest BCUT2D eigenvalue weighted by Crippen LogP contribution is 2.27. The van der Waals surface area contributed by atoms with Gasteiger partial charge < -0.3 is 14.1 Å². The smallest absolute Gasteiger partial charge is 0.338 e. The first-order chi connectivity index (χ1) is 13.0. The average Bonchev–Trinajstić information content (AvgIpc) is 3.26. The summed E-state index contributed by atoms with van der Waals surface area (Å²) in [6, 6.07) is 12.7. The van der Waals surface area contributed by atoms with Gasteiger partial charge in [-0.15, -0.1) is 0 Å². The maximum absolute atomic E-state index is 12.4. The van der Waals surface area contributed by atoms with Crippen LogP contribution in [-0.4, -0.2) is 42.1 Å². The number of rotatable bonds is 3. The molecule has 0 spiro atoms. The van der Waals surface area contributed by atoms with Gasteiger partial charge in [0.15, 0.2) is 5.58 Å². The number of aryl methyl sites for hydroxylation is 1. The first kappa shape index (κ1) is 17.3. The standard InChI is InChI=1S/C21H19N3O3/c1-13-7-14(11-22)9-16(8-13)20-23-18-4-3-15(10-19(18)27-20)21(25)26-17-5-6-24(2)12-17/h3-4,7-10,17H,5-6,12H2,1-2H3/t17-/m1/s1. The number of hydrogen-bond acceptors (Lipinski definition) is 6. The molecular weight excluding hydrogens is 342 g/mol. The fourth-order valence-electron chi connectivity index (χ4n) is 3.36. The lowest BCUT2D eigenvalue weighted by molar-refractivity contribution is 0.0327. The molecule has 27 heavy (non-hydrogen) atoms. The van der Waals surface area contributed by atoms with E-state index in [1.165, 1.54) is 0 Å². The molecule has 6 heteroatoms. The van der Waals surface area contributed by atoms with E-state index in [0.717, 1.165) is 30.6 Å². The van der Waals surface area contributed by atoms with Crippen molar-refractivity contribution in [3.63, 3.8) is 0 Å². The number of benzene rings is 2. The molecule has 4 rings (SSSR count). The lowest BCUT2D eigenvalue weighted by Gasteiger charge is -2.12. The van der Waals surface area contributed by atoms with Crippen molar-refractivity contribution >= 4 is 17.1 Å². The molecule has 0 unspecified atom stereocenters. The largest absolute Gasteiger partial charge is 0.457 e. The van der Waals surface area contributed by atoms with Crippen LogP contribution in [0.15, 0.2) is 40.8 Å². The predicted molar refractivity (Wildman–Crippen MR) is 100 cm³/mol. The molecular formula is C21H19N3O3. The van der Waals surface area contributed by atoms with E-state index in [1.54, 1.807) is 30.3 Å². The fraction of sp³-hybridized carbons (Fsp3) is 0.286. The zero-order valence-electron chi connectivity index (χ0n) is 15.2. The van der Waals surface area contributed by atoms with Crippen molar-refractivity contribution < 1.29 is 13.9 Å². The summed E-state index contributed by atoms with van der Waals surface area (Å²) in [6.45, 7) is 3.61. The summed E-state index contributed by atoms with van der Waals surface area (Å²) < 4.78 is 11.4. The molecule has 1 saturated heterocycles. The Bertz CT molecular complexity index is 1060. The lowest BCUT2D eigenvalue weighted by Crippen LogP contribution is -2.22. The predicted octanol–water partition coefficient (Wildman–Crippen LogP) is 3.54. The van der Waals surface area contributed by atoms with Gasteiger partial charge in [0.1, 0.15) is 11.6 Å². The van der Waals surface area contributed by atoms with E-state index in [2.05, 4.69) is 16.0 Å². The highest BCUT2D eigenvalue weighted by molar-refractivity contribution is 5.93. The molecule has 3 aromatic rings. The third kappa shape index (κ3) is 3.55. The van der Waals surface area contributed by atoms with Crippen molar-refractivity contribution in [1.29, 1.82) is 5.26 Å². The summed E-state index contributed by atoms with van der Waals surface area (Å²) in [5.74, 6) is 0.0746. The van der Waals surface area contributed by atoms with Crippen LogP contribution in [0.3, 0.4) is 0 Å². The molecule has 1 fully saturated rings. The van der Waals surface area contributed by atoms with E-state index in [-0.39, 0.29) is 12.1 Å². The first-order valence-electron chi connectivity index (χ1n) is 8.84. The van der Waals surface area contributed by atoms with Gasteiger partial charge in [-0.05, 0) is 62.4 Å². The summed E-state index contributed by atoms with van der Waals surface area (Å²) in [5, 5.41) is 9.15. The molecule has 1 aliphatic heterocycles. The zero-order valence-corrected chi connectivity index (χ0v) is 15.2. The van der Waals surface area contributed by atoms with E-state index in [4.69, 9.17) is 14.4 Å². The number of likely N-dealkylation sites (tertiary alicyclic amines) is 1. The number of nitrogens with zero attached hydrogens (tertiary/aromatic N) is 3. The quantitative estimate of drug-likeness (QED) is 0.664. The molecule has 0 amide bonds. The maximum Gasteiger partial charge on any atom is 0.338 e. The van der Waals surface area contributed by atoms with Gasteiger partial charge >= 0.3 is 5.97 Å². The number of hydrogen-bond donors (Lipinski definition) is 0. The summed E-state index contributed by atoms with van der Waals surface area (Å²) in [7, 11) is 2.01. The van der Waals surface area contributed by atoms with E-state index < -0.39 is 0 Å². The number of nitriles is 1. The highest BCUT2D eigenvalue weighted by atomic mass is 16.5. The summed E-state index contributed by atoms with van der Waals surface area (Å²) in [4.78, 5) is 19.0. The number of likely N-dealkylation sites (N-methyl/N-ethyl adjacent to an activating group) is 1. The van der Waals surface area contributed by atoms with Crippen molar-refractivity contribution in [1.82, 2.24) is 9.88 Å². The van der Waals surface area contributed by atoms with Gasteiger partial charge in [0.25, 0.3) is 0 Å². The van der Waals surface area contributed by atoms with Gasteiger partial charge in [-0.3, -0.25) is 0 Å². The Morgan fingerprint density at radius 3 is 2.93 bits per heavy atom. The van der Waals surface area contributed by atoms with Gasteiger partial charge in [-0.1, -0.05) is 0 Å². The number of aromatic nitrogens is 1. The van der Waals surface area contributed by atoms with Crippen LogP contribution in [0.5, 0.6) is 0 Å². The number of esters is 1. The van der Waals surface area contributed by atoms with Crippen LogP contribution >= 0.6 is 0 Å². The minimum Gasteiger partial charge on any atom is -0.457 e. The third-order valence-corrected chi connectivity index (χ3v) is 4.70. The van der Waals surface area contributed by atoms with Crippen LogP contribution in [0.1, 0.15) is 27.9 Å². The second-order valence-corrected chi connectivity index (χ2v) is 6.98. The van der Waals surface area contributed by atoms with E-state index in [1.807, 2.05) is 20.0 Å². The molecule has 1 atom stereocenters. The molecule has 0 saturated carbocycles. The van der Waals surface area contributed by atoms with E-state index in [0.29, 0.717) is 28.1 Å². The first-order valence-corrected chi connectivity index (χ1v) is 8.84. The van der Waals surface area contributed by atoms with Crippen LogP contribution in [0.25, 0.3) is 22.6 Å². The Kier molecular flexibility index (Phi) is 4.38. The molecule has 0 radical (unpaired) electrons. The molecule has 0 N–H and O–H groups in total. The Labute approximate surface area is 157 Å². The van der Waals surface area contributed by atoms with Crippen molar-refractivity contribution in [2.75, 3.05) is 20.1 Å². The lowest BCUT2D eigenvalue weighted by atomic mass is 10.1. The number of carbonyl (C=O) groups is 1. The number of carbonyl (C=O) groups excluding carboxylic acids is 1. The highest BCUT2D eigenvalue weighted by Gasteiger charge is 2.24. The average molecular weight is 361 g/mol. The second kappa shape index (κ2) is 6.86. The van der Waals surface area contributed by atoms with Gasteiger partial charge in [-0.25, -0.2) is 9.78 Å². The monoisotopic (exact) mass is 361 g/mol. The SMILES string of the molecule is Cc1cc(C#N)cc(-c2nc3ccc(C(=O)O[C@@H]4CCN(C)C4)cc3o2)c1. The van der Waals surface area contributed by atoms with Crippen LogP contribution < -0.4 is 0 Å². The van der Waals surface area contributed by atoms with Gasteiger partial charge in [0.2, 0.25) is 5.89 Å². The molecule has 2 heterocycles. The normalized spacial score (nSPS) is 17.1. The van der Waals surface area contributed by atoms with Crippen molar-refractivity contribution in [2.45, 2.75) is 19.4 Å². The molecule has 136 valence electrons. The van der Waals surface area contributed by atoms with Crippen molar-refractivity contribution in [3.8, 4) is 17.5 Å². The molecule has 6 nitrogen and oxygen atoms in total. The van der Waals surface area contributed by atoms with E-state index in [9.17, 15) is 4.79 Å². The minimum atomic E-state index is -0.350. The Balaban J connectivity index is 1.61. The van der Waals surface area contributed by atoms with Crippen LogP contribution in [0, 0.1) is 18.3 Å². The zero-order chi connectivity index (χ0) is 19.0. The van der Waals surface area contributed by atoms with Crippen molar-refractivity contribution in [2.24, 2.45) is 0 Å². The fourth-order valence-corrected chi connectivity index (χ4v) is 3.36. The van der Waals surface area contributed by atoms with Gasteiger partial charge in [-0.2, -0.15) is 5.26 Å². The molecule has 1 aliphatic rings. The topological polar surface area (TPSA) is 79.4 Å².